The SMILES string of the molecule is CC(c1cc(CC(=O)Cc2ccc(Oc3ccnc(NC(=O)C4CC4)c3)c(F)c2)cc(C(F)(F)F)c1)N1CCN(C(=O)OC(C)(C)C)CC1. The molecule has 1 atom stereocenters. The number of rotatable bonds is 10. The summed E-state index contributed by atoms with van der Waals surface area (Å²) in [4.78, 5) is 45.2. The largest absolute Gasteiger partial charge is 0.454 e. The number of nitrogens with one attached hydrogen (secondary N) is 1. The molecule has 1 unspecified atom stereocenters. The van der Waals surface area contributed by atoms with Crippen LogP contribution in [0.2, 0.25) is 0 Å². The number of hydrogen-bond donors (Lipinski definition) is 1. The predicted molar refractivity (Wildman–Crippen MR) is 174 cm³/mol. The van der Waals surface area contributed by atoms with Crippen LogP contribution in [0.15, 0.2) is 54.7 Å². The predicted octanol–water partition coefficient (Wildman–Crippen LogP) is 7.35. The van der Waals surface area contributed by atoms with Crippen LogP contribution < -0.4 is 10.1 Å². The van der Waals surface area contributed by atoms with Crippen molar-refractivity contribution < 1.29 is 41.4 Å². The molecule has 2 amide bonds. The van der Waals surface area contributed by atoms with Gasteiger partial charge in [0.15, 0.2) is 11.6 Å². The zero-order valence-electron chi connectivity index (χ0n) is 27.9. The lowest BCUT2D eigenvalue weighted by molar-refractivity contribution is -0.137. The Hall–Kier alpha value is -4.52. The lowest BCUT2D eigenvalue weighted by Crippen LogP contribution is -2.50. The highest BCUT2D eigenvalue weighted by Gasteiger charge is 2.34. The molecule has 3 aromatic rings. The molecule has 2 heterocycles. The third-order valence-electron chi connectivity index (χ3n) is 8.30. The second-order valence-corrected chi connectivity index (χ2v) is 13.5. The number of carbonyl (C=O) groups excluding carboxylic acids is 3. The van der Waals surface area contributed by atoms with E-state index in [0.29, 0.717) is 37.3 Å². The van der Waals surface area contributed by atoms with Crippen molar-refractivity contribution in [1.29, 1.82) is 0 Å². The van der Waals surface area contributed by atoms with E-state index in [1.165, 1.54) is 30.5 Å². The summed E-state index contributed by atoms with van der Waals surface area (Å²) in [5, 5.41) is 2.70. The van der Waals surface area contributed by atoms with Gasteiger partial charge in [-0.25, -0.2) is 14.2 Å². The average molecular weight is 685 g/mol. The van der Waals surface area contributed by atoms with Gasteiger partial charge in [-0.3, -0.25) is 14.5 Å². The Bertz CT molecular complexity index is 1700. The van der Waals surface area contributed by atoms with E-state index in [1.54, 1.807) is 38.7 Å². The molecule has 9 nitrogen and oxygen atoms in total. The molecule has 262 valence electrons. The van der Waals surface area contributed by atoms with Gasteiger partial charge < -0.3 is 19.7 Å². The molecule has 1 saturated carbocycles. The van der Waals surface area contributed by atoms with E-state index in [9.17, 15) is 27.6 Å². The van der Waals surface area contributed by atoms with Crippen LogP contribution in [0.3, 0.4) is 0 Å². The third kappa shape index (κ3) is 10.0. The number of nitrogens with zero attached hydrogens (tertiary/aromatic N) is 3. The summed E-state index contributed by atoms with van der Waals surface area (Å²) in [5.41, 5.74) is -0.545. The Kier molecular flexibility index (Phi) is 10.6. The number of benzene rings is 2. The molecular weight excluding hydrogens is 644 g/mol. The van der Waals surface area contributed by atoms with Gasteiger partial charge in [-0.1, -0.05) is 12.1 Å². The second-order valence-electron chi connectivity index (χ2n) is 13.5. The average Bonchev–Trinajstić information content (AvgIpc) is 3.87. The molecule has 1 aliphatic heterocycles. The molecule has 1 saturated heterocycles. The molecule has 13 heteroatoms. The molecule has 1 aliphatic carbocycles. The van der Waals surface area contributed by atoms with Crippen molar-refractivity contribution in [3.05, 3.63) is 82.8 Å². The van der Waals surface area contributed by atoms with Gasteiger partial charge in [-0.2, -0.15) is 13.2 Å². The van der Waals surface area contributed by atoms with Gasteiger partial charge in [0.05, 0.1) is 5.56 Å². The molecule has 49 heavy (non-hydrogen) atoms. The lowest BCUT2D eigenvalue weighted by Gasteiger charge is -2.38. The molecule has 2 aliphatic rings. The van der Waals surface area contributed by atoms with Gasteiger partial charge in [0.1, 0.15) is 23.0 Å². The van der Waals surface area contributed by atoms with E-state index in [-0.39, 0.29) is 53.3 Å². The van der Waals surface area contributed by atoms with Crippen molar-refractivity contribution in [1.82, 2.24) is 14.8 Å². The van der Waals surface area contributed by atoms with Crippen LogP contribution >= 0.6 is 0 Å². The highest BCUT2D eigenvalue weighted by atomic mass is 19.4. The lowest BCUT2D eigenvalue weighted by atomic mass is 9.95. The smallest absolute Gasteiger partial charge is 0.416 e. The van der Waals surface area contributed by atoms with E-state index >= 15 is 4.39 Å². The number of halogens is 4. The molecule has 5 rings (SSSR count). The van der Waals surface area contributed by atoms with Crippen LogP contribution in [-0.2, 0) is 33.3 Å². The van der Waals surface area contributed by atoms with Gasteiger partial charge in [-0.15, -0.1) is 0 Å². The van der Waals surface area contributed by atoms with Crippen LogP contribution in [-0.4, -0.2) is 64.3 Å². The van der Waals surface area contributed by atoms with Gasteiger partial charge in [0, 0.05) is 63.2 Å². The zero-order valence-corrected chi connectivity index (χ0v) is 27.9. The molecule has 0 radical (unpaired) electrons. The number of amides is 2. The Morgan fingerprint density at radius 1 is 0.939 bits per heavy atom. The third-order valence-corrected chi connectivity index (χ3v) is 8.30. The summed E-state index contributed by atoms with van der Waals surface area (Å²) < 4.78 is 67.9. The fraction of sp³-hybridized carbons (Fsp3) is 0.444. The van der Waals surface area contributed by atoms with Crippen molar-refractivity contribution in [2.75, 3.05) is 31.5 Å². The first-order chi connectivity index (χ1) is 23.0. The quantitative estimate of drug-likeness (QED) is 0.223. The first-order valence-corrected chi connectivity index (χ1v) is 16.2. The standard InChI is InChI=1S/C36H40F4N4O5/c1-22(43-11-13-44(14-12-43)34(47)49-35(2,3)4)26-15-24(16-27(20-26)36(38,39)40)18-28(45)17-23-5-8-31(30(37)19-23)48-29-9-10-41-32(21-29)42-33(46)25-6-7-25/h5,8-10,15-16,19-22,25H,6-7,11-14,17-18H2,1-4H3,(H,41,42,46). The number of piperazine rings is 1. The number of carbonyl (C=O) groups is 3. The van der Waals surface area contributed by atoms with E-state index in [0.717, 1.165) is 31.0 Å². The van der Waals surface area contributed by atoms with Crippen molar-refractivity contribution in [3.8, 4) is 11.5 Å². The number of ketones is 1. The molecule has 0 spiro atoms. The highest BCUT2D eigenvalue weighted by Crippen LogP contribution is 2.34. The van der Waals surface area contributed by atoms with E-state index in [4.69, 9.17) is 9.47 Å². The van der Waals surface area contributed by atoms with E-state index in [1.807, 2.05) is 4.90 Å². The summed E-state index contributed by atoms with van der Waals surface area (Å²) in [6.45, 7) is 8.75. The van der Waals surface area contributed by atoms with Crippen molar-refractivity contribution in [2.24, 2.45) is 5.92 Å². The Balaban J connectivity index is 1.22. The number of anilines is 1. The molecule has 1 N–H and O–H groups in total. The number of ether oxygens (including phenoxy) is 2. The van der Waals surface area contributed by atoms with Gasteiger partial charge >= 0.3 is 12.3 Å². The number of hydrogen-bond acceptors (Lipinski definition) is 7. The number of Topliss-reactive ketones (excluding diaryl/α,β-unsaturated/α-hetero) is 1. The Morgan fingerprint density at radius 2 is 1.63 bits per heavy atom. The molecule has 1 aromatic heterocycles. The van der Waals surface area contributed by atoms with Gasteiger partial charge in [0.25, 0.3) is 0 Å². The Labute approximate surface area is 282 Å². The number of aromatic nitrogens is 1. The minimum absolute atomic E-state index is 0.0155. The van der Waals surface area contributed by atoms with Crippen LogP contribution in [0.25, 0.3) is 0 Å². The topological polar surface area (TPSA) is 101 Å². The monoisotopic (exact) mass is 684 g/mol. The van der Waals surface area contributed by atoms with Crippen LogP contribution in [0.5, 0.6) is 11.5 Å². The summed E-state index contributed by atoms with van der Waals surface area (Å²) in [5.74, 6) is -0.831. The Morgan fingerprint density at radius 3 is 2.27 bits per heavy atom. The summed E-state index contributed by atoms with van der Waals surface area (Å²) >= 11 is 0. The first-order valence-electron chi connectivity index (χ1n) is 16.2. The zero-order chi connectivity index (χ0) is 35.5. The van der Waals surface area contributed by atoms with E-state index < -0.39 is 35.3 Å². The number of alkyl halides is 3. The second kappa shape index (κ2) is 14.5. The van der Waals surface area contributed by atoms with E-state index in [2.05, 4.69) is 10.3 Å². The minimum Gasteiger partial charge on any atom is -0.454 e. The normalized spacial score (nSPS) is 16.2. The first kappa shape index (κ1) is 35.8. The fourth-order valence-corrected chi connectivity index (χ4v) is 5.55. The maximum Gasteiger partial charge on any atom is 0.416 e. The highest BCUT2D eigenvalue weighted by molar-refractivity contribution is 5.93. The van der Waals surface area contributed by atoms with Crippen LogP contribution in [0.1, 0.15) is 68.8 Å². The van der Waals surface area contributed by atoms with Crippen molar-refractivity contribution in [3.63, 3.8) is 0 Å². The summed E-state index contributed by atoms with van der Waals surface area (Å²) in [6, 6.07) is 10.3. The van der Waals surface area contributed by atoms with Crippen molar-refractivity contribution >= 4 is 23.6 Å². The maximum absolute atomic E-state index is 15.0. The molecular formula is C36H40F4N4O5. The molecule has 2 aromatic carbocycles. The minimum atomic E-state index is -4.62. The van der Waals surface area contributed by atoms with Crippen LogP contribution in [0.4, 0.5) is 28.2 Å². The van der Waals surface area contributed by atoms with Gasteiger partial charge in [0.2, 0.25) is 5.91 Å². The molecule has 2 fully saturated rings. The molecule has 0 bridgehead atoms. The summed E-state index contributed by atoms with van der Waals surface area (Å²) in [6.07, 6.45) is -2.44. The van der Waals surface area contributed by atoms with Gasteiger partial charge in [-0.05, 0) is 87.6 Å². The van der Waals surface area contributed by atoms with Crippen LogP contribution in [0, 0.1) is 11.7 Å². The fourth-order valence-electron chi connectivity index (χ4n) is 5.55. The number of pyridine rings is 1. The summed E-state index contributed by atoms with van der Waals surface area (Å²) in [7, 11) is 0. The maximum atomic E-state index is 15.0. The van der Waals surface area contributed by atoms with Crippen molar-refractivity contribution in [2.45, 2.75) is 71.2 Å².